The summed E-state index contributed by atoms with van der Waals surface area (Å²) in [4.78, 5) is 11.4. The van der Waals surface area contributed by atoms with Crippen LogP contribution in [0.3, 0.4) is 0 Å². The largest absolute Gasteiger partial charge is 1.00 e. The molecule has 0 heterocycles. The van der Waals surface area contributed by atoms with E-state index < -0.39 is 12.0 Å². The van der Waals surface area contributed by atoms with Crippen LogP contribution >= 0.6 is 0 Å². The second-order valence-corrected chi connectivity index (χ2v) is 5.22. The molecule has 3 N–H and O–H groups in total. The summed E-state index contributed by atoms with van der Waals surface area (Å²) >= 11 is 0. The quantitative estimate of drug-likeness (QED) is 0.555. The zero-order valence-electron chi connectivity index (χ0n) is 14.3. The molecule has 0 spiro atoms. The number of benzene rings is 1. The van der Waals surface area contributed by atoms with Crippen molar-refractivity contribution in [3.05, 3.63) is 17.7 Å². The molecule has 1 aromatic carbocycles. The molecule has 0 aromatic heterocycles. The van der Waals surface area contributed by atoms with Gasteiger partial charge in [0.1, 0.15) is 6.54 Å². The smallest absolute Gasteiger partial charge is 0.362 e. The fourth-order valence-electron chi connectivity index (χ4n) is 2.35. The van der Waals surface area contributed by atoms with Crippen LogP contribution in [0.25, 0.3) is 0 Å². The van der Waals surface area contributed by atoms with Gasteiger partial charge in [0.05, 0.1) is 21.3 Å². The first kappa shape index (κ1) is 21.3. The van der Waals surface area contributed by atoms with Crippen LogP contribution in [0.2, 0.25) is 0 Å². The molecular formula is C16H26ClNO5. The molecule has 23 heavy (non-hydrogen) atoms. The Morgan fingerprint density at radius 1 is 1.17 bits per heavy atom. The summed E-state index contributed by atoms with van der Waals surface area (Å²) in [6.45, 7) is 4.47. The molecule has 1 aromatic rings. The Morgan fingerprint density at radius 3 is 2.04 bits per heavy atom. The Hall–Kier alpha value is -1.66. The Labute approximate surface area is 143 Å². The van der Waals surface area contributed by atoms with Gasteiger partial charge in [-0.25, -0.2) is 4.79 Å². The van der Waals surface area contributed by atoms with E-state index in [0.29, 0.717) is 23.8 Å². The summed E-state index contributed by atoms with van der Waals surface area (Å²) in [5.74, 6) is 0.980. The van der Waals surface area contributed by atoms with Gasteiger partial charge in [0.2, 0.25) is 5.75 Å². The first-order chi connectivity index (χ1) is 10.5. The third-order valence-corrected chi connectivity index (χ3v) is 3.87. The highest BCUT2D eigenvalue weighted by atomic mass is 35.5. The van der Waals surface area contributed by atoms with Gasteiger partial charge in [0.15, 0.2) is 17.5 Å². The maximum atomic E-state index is 11.4. The number of carboxylic acid groups (broad SMARTS) is 1. The van der Waals surface area contributed by atoms with Crippen LogP contribution in [-0.4, -0.2) is 38.4 Å². The summed E-state index contributed by atoms with van der Waals surface area (Å²) in [7, 11) is 4.67. The van der Waals surface area contributed by atoms with Gasteiger partial charge in [-0.2, -0.15) is 0 Å². The minimum Gasteiger partial charge on any atom is -1.00 e. The number of carboxylic acids is 1. The first-order valence-corrected chi connectivity index (χ1v) is 7.33. The number of nitrogens with two attached hydrogens (primary N) is 1. The highest BCUT2D eigenvalue weighted by molar-refractivity contribution is 5.72. The minimum atomic E-state index is -0.790. The third kappa shape index (κ3) is 5.48. The second-order valence-electron chi connectivity index (χ2n) is 5.22. The van der Waals surface area contributed by atoms with Crippen molar-refractivity contribution in [1.29, 1.82) is 0 Å². The van der Waals surface area contributed by atoms with Crippen molar-refractivity contribution < 1.29 is 41.8 Å². The summed E-state index contributed by atoms with van der Waals surface area (Å²) in [5.41, 5.74) is 0.920. The molecule has 6 nitrogen and oxygen atoms in total. The average molecular weight is 348 g/mol. The Kier molecular flexibility index (Phi) is 9.44. The maximum Gasteiger partial charge on any atom is 0.362 e. The van der Waals surface area contributed by atoms with Crippen LogP contribution in [0.1, 0.15) is 25.8 Å². The van der Waals surface area contributed by atoms with Crippen molar-refractivity contribution in [2.45, 2.75) is 32.9 Å². The third-order valence-electron chi connectivity index (χ3n) is 3.87. The molecule has 132 valence electrons. The maximum absolute atomic E-state index is 11.4. The monoisotopic (exact) mass is 347 g/mol. The van der Waals surface area contributed by atoms with Gasteiger partial charge in [-0.05, 0) is 18.6 Å². The van der Waals surface area contributed by atoms with Gasteiger partial charge >= 0.3 is 5.97 Å². The van der Waals surface area contributed by atoms with Gasteiger partial charge in [-0.1, -0.05) is 13.8 Å². The van der Waals surface area contributed by atoms with Crippen molar-refractivity contribution >= 4 is 5.97 Å². The van der Waals surface area contributed by atoms with E-state index in [0.717, 1.165) is 12.0 Å². The van der Waals surface area contributed by atoms with Crippen molar-refractivity contribution in [1.82, 2.24) is 0 Å². The van der Waals surface area contributed by atoms with Crippen molar-refractivity contribution in [3.8, 4) is 17.2 Å². The molecule has 0 aliphatic carbocycles. The lowest BCUT2D eigenvalue weighted by Gasteiger charge is -2.18. The fraction of sp³-hybridized carbons (Fsp3) is 0.562. The van der Waals surface area contributed by atoms with E-state index in [-0.39, 0.29) is 18.3 Å². The van der Waals surface area contributed by atoms with E-state index in [4.69, 9.17) is 14.2 Å². The van der Waals surface area contributed by atoms with E-state index in [9.17, 15) is 9.90 Å². The van der Waals surface area contributed by atoms with E-state index in [1.54, 1.807) is 21.3 Å². The zero-order valence-corrected chi connectivity index (χ0v) is 15.0. The van der Waals surface area contributed by atoms with Gasteiger partial charge < -0.3 is 37.0 Å². The molecular weight excluding hydrogens is 322 g/mol. The lowest BCUT2D eigenvalue weighted by atomic mass is 9.99. The number of rotatable bonds is 9. The highest BCUT2D eigenvalue weighted by Gasteiger charge is 2.27. The average Bonchev–Trinajstić information content (AvgIpc) is 2.53. The molecule has 2 unspecified atom stereocenters. The molecule has 0 bridgehead atoms. The van der Waals surface area contributed by atoms with Crippen LogP contribution in [0.5, 0.6) is 17.2 Å². The number of aliphatic carboxylic acids is 1. The van der Waals surface area contributed by atoms with Crippen LogP contribution in [0.4, 0.5) is 0 Å². The number of carbonyl (C=O) groups is 1. The fourth-order valence-corrected chi connectivity index (χ4v) is 2.35. The molecule has 0 saturated heterocycles. The summed E-state index contributed by atoms with van der Waals surface area (Å²) in [5, 5.41) is 11.2. The van der Waals surface area contributed by atoms with E-state index in [1.165, 1.54) is 0 Å². The number of quaternary nitrogens is 1. The topological polar surface area (TPSA) is 81.6 Å². The molecule has 0 saturated carbocycles. The minimum absolute atomic E-state index is 0. The van der Waals surface area contributed by atoms with Gasteiger partial charge in [-0.3, -0.25) is 0 Å². The summed E-state index contributed by atoms with van der Waals surface area (Å²) in [6, 6.07) is 3.21. The Bertz CT molecular complexity index is 484. The van der Waals surface area contributed by atoms with Crippen LogP contribution in [0.15, 0.2) is 12.1 Å². The molecule has 0 amide bonds. The standard InChI is InChI=1S/C16H25NO5.ClH/c1-6-10(2)14(16(18)19)17-9-11-7-12(20-3)15(22-5)13(8-11)21-4;/h7-8,10,14,17H,6,9H2,1-5H3,(H,18,19);1H. The van der Waals surface area contributed by atoms with E-state index >= 15 is 0 Å². The molecule has 7 heteroatoms. The van der Waals surface area contributed by atoms with Crippen LogP contribution in [0, 0.1) is 5.92 Å². The van der Waals surface area contributed by atoms with Crippen molar-refractivity contribution in [2.75, 3.05) is 21.3 Å². The predicted molar refractivity (Wildman–Crippen MR) is 82.6 cm³/mol. The van der Waals surface area contributed by atoms with Gasteiger partial charge in [0.25, 0.3) is 0 Å². The van der Waals surface area contributed by atoms with Crippen LogP contribution < -0.4 is 31.9 Å². The van der Waals surface area contributed by atoms with E-state index in [2.05, 4.69) is 0 Å². The molecule has 0 aliphatic heterocycles. The second kappa shape index (κ2) is 10.2. The number of hydrogen-bond acceptors (Lipinski definition) is 4. The number of halogens is 1. The lowest BCUT2D eigenvalue weighted by Crippen LogP contribution is -3.00. The Morgan fingerprint density at radius 2 is 1.70 bits per heavy atom. The summed E-state index contributed by atoms with van der Waals surface area (Å²) < 4.78 is 15.9. The molecule has 0 radical (unpaired) electrons. The Balaban J connectivity index is 0.00000484. The van der Waals surface area contributed by atoms with Gasteiger partial charge in [0, 0.05) is 11.5 Å². The SMILES string of the molecule is CCC(C)C([NH2+]Cc1cc(OC)c(OC)c(OC)c1)C(=O)O.[Cl-]. The highest BCUT2D eigenvalue weighted by Crippen LogP contribution is 2.37. The molecule has 1 rings (SSSR count). The van der Waals surface area contributed by atoms with Gasteiger partial charge in [-0.15, -0.1) is 0 Å². The molecule has 2 atom stereocenters. The molecule has 0 aliphatic rings. The first-order valence-electron chi connectivity index (χ1n) is 7.33. The number of ether oxygens (including phenoxy) is 3. The normalized spacial score (nSPS) is 12.7. The van der Waals surface area contributed by atoms with Crippen LogP contribution in [-0.2, 0) is 11.3 Å². The van der Waals surface area contributed by atoms with Crippen molar-refractivity contribution in [2.24, 2.45) is 5.92 Å². The predicted octanol–water partition coefficient (Wildman–Crippen LogP) is -1.72. The number of hydrogen-bond donors (Lipinski definition) is 2. The summed E-state index contributed by atoms with van der Waals surface area (Å²) in [6.07, 6.45) is 0.822. The lowest BCUT2D eigenvalue weighted by molar-refractivity contribution is -0.699. The van der Waals surface area contributed by atoms with Crippen molar-refractivity contribution in [3.63, 3.8) is 0 Å². The molecule has 0 fully saturated rings. The zero-order chi connectivity index (χ0) is 16.7. The number of methoxy groups -OCH3 is 3. The van der Waals surface area contributed by atoms with E-state index in [1.807, 2.05) is 31.3 Å².